The highest BCUT2D eigenvalue weighted by molar-refractivity contribution is 5.76. The van der Waals surface area contributed by atoms with Gasteiger partial charge in [-0.1, -0.05) is 262 Å². The van der Waals surface area contributed by atoms with Crippen molar-refractivity contribution < 1.29 is 49.3 Å². The Hall–Kier alpha value is -2.12. The van der Waals surface area contributed by atoms with E-state index in [-0.39, 0.29) is 18.5 Å². The number of hydrogen-bond acceptors (Lipinski definition) is 10. The second-order valence-corrected chi connectivity index (χ2v) is 22.1. The van der Waals surface area contributed by atoms with E-state index < -0.39 is 49.5 Å². The fourth-order valence-corrected chi connectivity index (χ4v) is 9.92. The number of unbranched alkanes of at least 4 members (excludes halogenated alkanes) is 37. The molecule has 0 saturated carbocycles. The zero-order valence-electron chi connectivity index (χ0n) is 48.5. The van der Waals surface area contributed by atoms with Crippen molar-refractivity contribution in [3.05, 3.63) is 36.5 Å². The first-order valence-electron chi connectivity index (χ1n) is 31.8. The number of aliphatic hydroxyl groups excluding tert-OH is 5. The molecule has 75 heavy (non-hydrogen) atoms. The maximum Gasteiger partial charge on any atom is 0.305 e. The summed E-state index contributed by atoms with van der Waals surface area (Å²) in [6.45, 7) is 4.28. The Kier molecular flexibility index (Phi) is 50.9. The Morgan fingerprint density at radius 3 is 1.39 bits per heavy atom. The molecule has 6 N–H and O–H groups in total. The molecule has 0 aromatic rings. The summed E-state index contributed by atoms with van der Waals surface area (Å²) in [6.07, 6.45) is 56.9. The number of carbonyl (C=O) groups is 2. The third kappa shape index (κ3) is 43.4. The van der Waals surface area contributed by atoms with Crippen LogP contribution in [0.2, 0.25) is 0 Å². The molecule has 0 spiro atoms. The fourth-order valence-electron chi connectivity index (χ4n) is 9.92. The molecule has 1 aliphatic rings. The Balaban J connectivity index is 1.96. The van der Waals surface area contributed by atoms with E-state index >= 15 is 0 Å². The second-order valence-electron chi connectivity index (χ2n) is 22.1. The minimum Gasteiger partial charge on any atom is -0.466 e. The van der Waals surface area contributed by atoms with Gasteiger partial charge in [0.05, 0.1) is 32.0 Å². The molecule has 0 aromatic carbocycles. The zero-order chi connectivity index (χ0) is 54.5. The molecule has 1 amide bonds. The normalized spacial score (nSPS) is 18.9. The van der Waals surface area contributed by atoms with Crippen LogP contribution in [0.15, 0.2) is 36.5 Å². The second kappa shape index (κ2) is 53.9. The Morgan fingerprint density at radius 2 is 0.907 bits per heavy atom. The van der Waals surface area contributed by atoms with Gasteiger partial charge in [0.15, 0.2) is 6.29 Å². The van der Waals surface area contributed by atoms with Crippen molar-refractivity contribution in [2.24, 2.45) is 0 Å². The molecule has 1 saturated heterocycles. The summed E-state index contributed by atoms with van der Waals surface area (Å²) in [5.74, 6) is -0.193. The molecule has 0 aromatic heterocycles. The van der Waals surface area contributed by atoms with E-state index in [0.29, 0.717) is 19.4 Å². The number of ether oxygens (including phenoxy) is 3. The monoisotopic (exact) mass is 1060 g/mol. The first-order chi connectivity index (χ1) is 36.7. The Bertz CT molecular complexity index is 1340. The van der Waals surface area contributed by atoms with Crippen LogP contribution in [0.25, 0.3) is 0 Å². The number of aliphatic hydroxyl groups is 5. The molecule has 0 bridgehead atoms. The van der Waals surface area contributed by atoms with Gasteiger partial charge in [0, 0.05) is 12.8 Å². The number of allylic oxidation sites excluding steroid dienone is 5. The van der Waals surface area contributed by atoms with Crippen LogP contribution in [0.1, 0.15) is 296 Å². The van der Waals surface area contributed by atoms with E-state index in [2.05, 4.69) is 43.5 Å². The van der Waals surface area contributed by atoms with E-state index in [9.17, 15) is 35.1 Å². The summed E-state index contributed by atoms with van der Waals surface area (Å²) in [5.41, 5.74) is 0. The SMILES string of the molecule is CCCC/C=C\C/C=C\CCCCCCCC(=O)OCCCCCCCCCCCCCCCCCCCCCCCCCCC(=O)NC(COC1OC(CO)C(O)C(O)C1O)C(O)/C=C/CCCCCCCCC. The smallest absolute Gasteiger partial charge is 0.305 e. The van der Waals surface area contributed by atoms with Gasteiger partial charge in [-0.3, -0.25) is 9.59 Å². The Labute approximate surface area is 460 Å². The van der Waals surface area contributed by atoms with Gasteiger partial charge in [-0.25, -0.2) is 0 Å². The summed E-state index contributed by atoms with van der Waals surface area (Å²) in [6, 6.07) is -0.808. The van der Waals surface area contributed by atoms with Crippen LogP contribution in [-0.4, -0.2) is 100 Å². The summed E-state index contributed by atoms with van der Waals surface area (Å²) >= 11 is 0. The maximum absolute atomic E-state index is 13.0. The van der Waals surface area contributed by atoms with Gasteiger partial charge in [-0.2, -0.15) is 0 Å². The van der Waals surface area contributed by atoms with Crippen molar-refractivity contribution in [2.75, 3.05) is 19.8 Å². The number of rotatable bonds is 55. The topological polar surface area (TPSA) is 175 Å². The number of hydrogen-bond donors (Lipinski definition) is 6. The van der Waals surface area contributed by atoms with Gasteiger partial charge >= 0.3 is 5.97 Å². The summed E-state index contributed by atoms with van der Waals surface area (Å²) < 4.78 is 16.7. The average molecular weight is 1060 g/mol. The molecule has 1 heterocycles. The predicted octanol–water partition coefficient (Wildman–Crippen LogP) is 15.1. The molecule has 0 radical (unpaired) electrons. The molecular formula is C64H119NO10. The van der Waals surface area contributed by atoms with Crippen LogP contribution in [0, 0.1) is 0 Å². The van der Waals surface area contributed by atoms with Crippen LogP contribution >= 0.6 is 0 Å². The van der Waals surface area contributed by atoms with Crippen LogP contribution in [0.4, 0.5) is 0 Å². The first kappa shape index (κ1) is 70.9. The summed E-state index contributed by atoms with van der Waals surface area (Å²) in [7, 11) is 0. The minimum atomic E-state index is -1.57. The Morgan fingerprint density at radius 1 is 0.493 bits per heavy atom. The molecule has 0 aliphatic carbocycles. The summed E-state index contributed by atoms with van der Waals surface area (Å²) in [5, 5.41) is 54.2. The van der Waals surface area contributed by atoms with Crippen molar-refractivity contribution in [2.45, 2.75) is 339 Å². The molecule has 7 atom stereocenters. The highest BCUT2D eigenvalue weighted by Crippen LogP contribution is 2.23. The van der Waals surface area contributed by atoms with Crippen molar-refractivity contribution >= 4 is 11.9 Å². The molecule has 7 unspecified atom stereocenters. The molecule has 11 nitrogen and oxygen atoms in total. The lowest BCUT2D eigenvalue weighted by Gasteiger charge is -2.40. The molecule has 1 rings (SSSR count). The number of nitrogens with one attached hydrogen (secondary N) is 1. The van der Waals surface area contributed by atoms with Gasteiger partial charge in [0.25, 0.3) is 0 Å². The van der Waals surface area contributed by atoms with Crippen molar-refractivity contribution in [3.8, 4) is 0 Å². The van der Waals surface area contributed by atoms with Crippen LogP contribution in [0.3, 0.4) is 0 Å². The van der Waals surface area contributed by atoms with Crippen LogP contribution < -0.4 is 5.32 Å². The van der Waals surface area contributed by atoms with Crippen LogP contribution in [-0.2, 0) is 23.8 Å². The summed E-state index contributed by atoms with van der Waals surface area (Å²) in [4.78, 5) is 25.1. The number of esters is 1. The van der Waals surface area contributed by atoms with E-state index in [1.807, 2.05) is 6.08 Å². The standard InChI is InChI=1S/C64H119NO10/c1-3-5-7-9-11-13-14-15-29-32-36-40-44-48-52-60(69)73-53-49-45-41-37-33-30-27-25-23-21-19-17-16-18-20-22-24-26-28-31-35-39-43-47-51-59(68)65-56(57(67)50-46-42-38-34-12-10-8-6-4-2)55-74-64-63(72)62(71)61(70)58(54-66)75-64/h9,11,14-15,46,50,56-58,61-64,66-67,70-72H,3-8,10,12-13,16-45,47-49,51-55H2,1-2H3,(H,65,68)/b11-9-,15-14-,50-46+. The van der Waals surface area contributed by atoms with Crippen molar-refractivity contribution in [1.82, 2.24) is 5.32 Å². The third-order valence-corrected chi connectivity index (χ3v) is 15.0. The van der Waals surface area contributed by atoms with E-state index in [1.165, 1.54) is 205 Å². The minimum absolute atomic E-state index is 0.0105. The van der Waals surface area contributed by atoms with Crippen molar-refractivity contribution in [3.63, 3.8) is 0 Å². The molecule has 440 valence electrons. The lowest BCUT2D eigenvalue weighted by atomic mass is 9.99. The van der Waals surface area contributed by atoms with Gasteiger partial charge in [-0.05, 0) is 57.8 Å². The van der Waals surface area contributed by atoms with Crippen LogP contribution in [0.5, 0.6) is 0 Å². The molecule has 1 fully saturated rings. The maximum atomic E-state index is 13.0. The van der Waals surface area contributed by atoms with Gasteiger partial charge < -0.3 is 45.1 Å². The van der Waals surface area contributed by atoms with Crippen molar-refractivity contribution in [1.29, 1.82) is 0 Å². The quantitative estimate of drug-likeness (QED) is 0.0195. The number of amides is 1. The lowest BCUT2D eigenvalue weighted by Crippen LogP contribution is -2.60. The number of carbonyl (C=O) groups excluding carboxylic acids is 2. The third-order valence-electron chi connectivity index (χ3n) is 15.0. The van der Waals surface area contributed by atoms with Gasteiger partial charge in [-0.15, -0.1) is 0 Å². The largest absolute Gasteiger partial charge is 0.466 e. The predicted molar refractivity (Wildman–Crippen MR) is 311 cm³/mol. The lowest BCUT2D eigenvalue weighted by molar-refractivity contribution is -0.302. The van der Waals surface area contributed by atoms with E-state index in [0.717, 1.165) is 64.2 Å². The highest BCUT2D eigenvalue weighted by atomic mass is 16.7. The zero-order valence-corrected chi connectivity index (χ0v) is 48.5. The van der Waals surface area contributed by atoms with Gasteiger partial charge in [0.2, 0.25) is 5.91 Å². The van der Waals surface area contributed by atoms with E-state index in [4.69, 9.17) is 14.2 Å². The molecule has 11 heteroatoms. The van der Waals surface area contributed by atoms with Gasteiger partial charge in [0.1, 0.15) is 24.4 Å². The molecule has 1 aliphatic heterocycles. The average Bonchev–Trinajstić information content (AvgIpc) is 3.41. The first-order valence-corrected chi connectivity index (χ1v) is 31.8. The fraction of sp³-hybridized carbons (Fsp3) is 0.875. The highest BCUT2D eigenvalue weighted by Gasteiger charge is 2.44. The van der Waals surface area contributed by atoms with E-state index in [1.54, 1.807) is 6.08 Å². The molecular weight excluding hydrogens is 943 g/mol.